The van der Waals surface area contributed by atoms with Crippen LogP contribution < -0.4 is 9.64 Å². The smallest absolute Gasteiger partial charge is 0.412 e. The third kappa shape index (κ3) is 3.76. The van der Waals surface area contributed by atoms with Gasteiger partial charge in [0.15, 0.2) is 0 Å². The maximum Gasteiger partial charge on any atom is 0.412 e. The van der Waals surface area contributed by atoms with Crippen molar-refractivity contribution in [2.75, 3.05) is 4.90 Å². The lowest BCUT2D eigenvalue weighted by atomic mass is 9.63. The van der Waals surface area contributed by atoms with Crippen LogP contribution in [0.15, 0.2) is 139 Å². The van der Waals surface area contributed by atoms with Crippen molar-refractivity contribution in [3.05, 3.63) is 161 Å². The molecule has 0 saturated carbocycles. The van der Waals surface area contributed by atoms with E-state index in [1.165, 1.54) is 0 Å². The molecule has 1 spiro atoms. The third-order valence-corrected chi connectivity index (χ3v) is 8.04. The number of benzene rings is 5. The fraction of sp³-hybridized carbons (Fsp3) is 0.0833. The number of para-hydroxylation sites is 3. The molecule has 3 nitrogen and oxygen atoms in total. The Kier molecular flexibility index (Phi) is 5.72. The van der Waals surface area contributed by atoms with Crippen molar-refractivity contribution >= 4 is 22.6 Å². The first-order chi connectivity index (χ1) is 20.0. The van der Waals surface area contributed by atoms with E-state index < -0.39 is 11.5 Å². The van der Waals surface area contributed by atoms with Gasteiger partial charge in [-0.05, 0) is 59.2 Å². The predicted molar refractivity (Wildman–Crippen MR) is 157 cm³/mol. The number of anilines is 3. The molecule has 1 aliphatic carbocycles. The van der Waals surface area contributed by atoms with Crippen molar-refractivity contribution in [2.45, 2.75) is 17.9 Å². The van der Waals surface area contributed by atoms with Crippen molar-refractivity contribution in [3.8, 4) is 11.8 Å². The van der Waals surface area contributed by atoms with E-state index in [1.54, 1.807) is 30.3 Å². The number of halogens is 2. The van der Waals surface area contributed by atoms with Crippen molar-refractivity contribution in [1.29, 1.82) is 5.26 Å². The average molecular weight is 539 g/mol. The van der Waals surface area contributed by atoms with Gasteiger partial charge < -0.3 is 9.64 Å². The van der Waals surface area contributed by atoms with E-state index in [9.17, 15) is 5.26 Å². The lowest BCUT2D eigenvalue weighted by Gasteiger charge is -2.40. The van der Waals surface area contributed by atoms with Crippen LogP contribution in [0.3, 0.4) is 0 Å². The summed E-state index contributed by atoms with van der Waals surface area (Å²) in [5, 5.41) is 10.4. The SMILES string of the molecule is N#CC1=C(c2ccccc2)c2cc(N(c3ccccc3)c3ccccc3)ccc2C2(C1)c1ccccc1OC2(F)F. The molecule has 0 bridgehead atoms. The third-order valence-electron chi connectivity index (χ3n) is 8.04. The first kappa shape index (κ1) is 24.8. The van der Waals surface area contributed by atoms with Crippen LogP contribution in [0.25, 0.3) is 5.57 Å². The van der Waals surface area contributed by atoms with Gasteiger partial charge in [-0.25, -0.2) is 0 Å². The lowest BCUT2D eigenvalue weighted by molar-refractivity contribution is -0.201. The van der Waals surface area contributed by atoms with Gasteiger partial charge in [0.25, 0.3) is 0 Å². The Morgan fingerprint density at radius 3 is 1.88 bits per heavy atom. The van der Waals surface area contributed by atoms with Crippen molar-refractivity contribution in [2.24, 2.45) is 0 Å². The van der Waals surface area contributed by atoms with E-state index >= 15 is 8.78 Å². The fourth-order valence-corrected chi connectivity index (χ4v) is 6.28. The molecule has 1 aliphatic heterocycles. The van der Waals surface area contributed by atoms with Gasteiger partial charge in [-0.1, -0.05) is 91.0 Å². The molecule has 0 radical (unpaired) electrons. The average Bonchev–Trinajstić information content (AvgIpc) is 3.24. The van der Waals surface area contributed by atoms with Gasteiger partial charge in [0.05, 0.1) is 6.07 Å². The minimum absolute atomic E-state index is 0.142. The minimum atomic E-state index is -3.56. The second-order valence-electron chi connectivity index (χ2n) is 10.3. The van der Waals surface area contributed by atoms with Gasteiger partial charge in [0.1, 0.15) is 11.2 Å². The Morgan fingerprint density at radius 1 is 0.659 bits per heavy atom. The highest BCUT2D eigenvalue weighted by Gasteiger charge is 2.66. The van der Waals surface area contributed by atoms with Crippen LogP contribution in [0.2, 0.25) is 0 Å². The molecule has 0 saturated heterocycles. The molecule has 1 heterocycles. The van der Waals surface area contributed by atoms with Crippen LogP contribution in [-0.4, -0.2) is 6.11 Å². The van der Waals surface area contributed by atoms with Crippen LogP contribution in [0.4, 0.5) is 25.8 Å². The number of allylic oxidation sites excluding steroid dienone is 1. The number of alkyl halides is 2. The summed E-state index contributed by atoms with van der Waals surface area (Å²) in [6.45, 7) is 0. The summed E-state index contributed by atoms with van der Waals surface area (Å²) in [4.78, 5) is 2.09. The number of ether oxygens (including phenoxy) is 1. The fourth-order valence-electron chi connectivity index (χ4n) is 6.28. The van der Waals surface area contributed by atoms with Crippen LogP contribution in [-0.2, 0) is 5.41 Å². The quantitative estimate of drug-likeness (QED) is 0.229. The normalized spacial score (nSPS) is 18.3. The predicted octanol–water partition coefficient (Wildman–Crippen LogP) is 9.16. The van der Waals surface area contributed by atoms with E-state index in [1.807, 2.05) is 103 Å². The van der Waals surface area contributed by atoms with Crippen LogP contribution >= 0.6 is 0 Å². The maximum absolute atomic E-state index is 16.2. The Bertz CT molecular complexity index is 1790. The number of hydrogen-bond acceptors (Lipinski definition) is 3. The monoisotopic (exact) mass is 538 g/mol. The molecule has 0 N–H and O–H groups in total. The minimum Gasteiger partial charge on any atom is -0.431 e. The molecule has 41 heavy (non-hydrogen) atoms. The maximum atomic E-state index is 16.2. The van der Waals surface area contributed by atoms with E-state index in [2.05, 4.69) is 11.0 Å². The largest absolute Gasteiger partial charge is 0.431 e. The highest BCUT2D eigenvalue weighted by molar-refractivity contribution is 5.91. The number of rotatable bonds is 4. The van der Waals surface area contributed by atoms with Crippen LogP contribution in [0, 0.1) is 11.3 Å². The molecular formula is C36H24F2N2O. The van der Waals surface area contributed by atoms with Gasteiger partial charge in [0, 0.05) is 40.2 Å². The summed E-state index contributed by atoms with van der Waals surface area (Å²) in [6, 6.07) is 44.0. The van der Waals surface area contributed by atoms with Gasteiger partial charge in [-0.2, -0.15) is 14.0 Å². The summed E-state index contributed by atoms with van der Waals surface area (Å²) in [5.74, 6) is 0.142. The zero-order chi connectivity index (χ0) is 28.0. The Morgan fingerprint density at radius 2 is 1.24 bits per heavy atom. The molecule has 2 aliphatic rings. The molecule has 198 valence electrons. The van der Waals surface area contributed by atoms with Crippen LogP contribution in [0.5, 0.6) is 5.75 Å². The molecule has 5 aromatic carbocycles. The zero-order valence-corrected chi connectivity index (χ0v) is 22.0. The molecule has 1 atom stereocenters. The van der Waals surface area contributed by atoms with Crippen molar-refractivity contribution < 1.29 is 13.5 Å². The lowest BCUT2D eigenvalue weighted by Crippen LogP contribution is -2.47. The Hall–Kier alpha value is -5.21. The number of hydrogen-bond donors (Lipinski definition) is 0. The first-order valence-corrected chi connectivity index (χ1v) is 13.4. The molecule has 0 aromatic heterocycles. The van der Waals surface area contributed by atoms with Gasteiger partial charge in [-0.15, -0.1) is 0 Å². The molecular weight excluding hydrogens is 514 g/mol. The standard InChI is InChI=1S/C36H24F2N2O/c37-36(38)35(32-18-10-11-19-33(32)41-36)23-26(24-39)34(25-12-4-1-5-13-25)30-22-29(20-21-31(30)35)40(27-14-6-2-7-15-27)28-16-8-3-9-17-28/h1-22H,23H2. The molecule has 7 rings (SSSR count). The summed E-state index contributed by atoms with van der Waals surface area (Å²) in [6.07, 6.45) is -3.74. The van der Waals surface area contributed by atoms with Crippen molar-refractivity contribution in [1.82, 2.24) is 0 Å². The molecule has 5 aromatic rings. The number of nitrogens with zero attached hydrogens (tertiary/aromatic N) is 2. The summed E-state index contributed by atoms with van der Waals surface area (Å²) < 4.78 is 37.8. The molecule has 1 unspecified atom stereocenters. The van der Waals surface area contributed by atoms with Crippen molar-refractivity contribution in [3.63, 3.8) is 0 Å². The topological polar surface area (TPSA) is 36.3 Å². The van der Waals surface area contributed by atoms with E-state index in [-0.39, 0.29) is 12.2 Å². The summed E-state index contributed by atoms with van der Waals surface area (Å²) >= 11 is 0. The van der Waals surface area contributed by atoms with E-state index in [0.717, 1.165) is 22.6 Å². The molecule has 0 fully saturated rings. The summed E-state index contributed by atoms with van der Waals surface area (Å²) in [7, 11) is 0. The highest BCUT2D eigenvalue weighted by atomic mass is 19.3. The van der Waals surface area contributed by atoms with Crippen LogP contribution in [0.1, 0.15) is 28.7 Å². The van der Waals surface area contributed by atoms with Gasteiger partial charge >= 0.3 is 6.11 Å². The van der Waals surface area contributed by atoms with E-state index in [4.69, 9.17) is 4.74 Å². The Labute approximate surface area is 237 Å². The zero-order valence-electron chi connectivity index (χ0n) is 22.0. The first-order valence-electron chi connectivity index (χ1n) is 13.4. The van der Waals surface area contributed by atoms with E-state index in [0.29, 0.717) is 27.8 Å². The second kappa shape index (κ2) is 9.46. The number of fused-ring (bicyclic) bond motifs is 4. The molecule has 5 heteroatoms. The highest BCUT2D eigenvalue weighted by Crippen LogP contribution is 2.62. The second-order valence-corrected chi connectivity index (χ2v) is 10.3. The van der Waals surface area contributed by atoms with Gasteiger partial charge in [-0.3, -0.25) is 0 Å². The summed E-state index contributed by atoms with van der Waals surface area (Å²) in [5.41, 5.74) is 3.99. The number of nitriles is 1. The molecule has 0 amide bonds. The van der Waals surface area contributed by atoms with Gasteiger partial charge in [0.2, 0.25) is 0 Å². The Balaban J connectivity index is 1.54.